The molecular weight excluding hydrogens is 284 g/mol. The minimum Gasteiger partial charge on any atom is -0.222 e. The van der Waals surface area contributed by atoms with Crippen LogP contribution < -0.4 is 0 Å². The van der Waals surface area contributed by atoms with Gasteiger partial charge in [-0.1, -0.05) is 52.3 Å². The van der Waals surface area contributed by atoms with E-state index < -0.39 is 0 Å². The summed E-state index contributed by atoms with van der Waals surface area (Å²) in [6.45, 7) is 0. The van der Waals surface area contributed by atoms with E-state index in [2.05, 4.69) is 46.3 Å². The Kier molecular flexibility index (Phi) is 8.07. The van der Waals surface area contributed by atoms with Gasteiger partial charge in [-0.3, -0.25) is 0 Å². The van der Waals surface area contributed by atoms with E-state index in [4.69, 9.17) is 20.4 Å². The van der Waals surface area contributed by atoms with Crippen molar-refractivity contribution >= 4 is 38.9 Å². The molecule has 0 aliphatic rings. The van der Waals surface area contributed by atoms with Crippen LogP contribution in [0.15, 0.2) is 46.9 Å². The molecule has 0 aliphatic carbocycles. The number of carbonyl (C=O) groups excluding carboxylic acids is 2. The second kappa shape index (κ2) is 9.19. The molecule has 0 saturated carbocycles. The summed E-state index contributed by atoms with van der Waals surface area (Å²) in [5.41, 5.74) is 0. The Bertz CT molecular complexity index is 526. The number of benzene rings is 2. The summed E-state index contributed by atoms with van der Waals surface area (Å²) < 4.78 is 1.16. The van der Waals surface area contributed by atoms with Gasteiger partial charge in [0.05, 0.1) is 0 Å². The van der Waals surface area contributed by atoms with Gasteiger partial charge in [-0.05, 0) is 16.8 Å². The van der Waals surface area contributed by atoms with Crippen molar-refractivity contribution in [2.24, 2.45) is 0 Å². The lowest BCUT2D eigenvalue weighted by molar-refractivity contribution is 0.562. The maximum atomic E-state index is 8.35. The van der Waals surface area contributed by atoms with Gasteiger partial charge in [0.1, 0.15) is 0 Å². The van der Waals surface area contributed by atoms with Crippen LogP contribution in [0.2, 0.25) is 0 Å². The molecule has 0 atom stereocenters. The van der Waals surface area contributed by atoms with Crippen LogP contribution in [0, 0.1) is 10.8 Å². The second-order valence-electron chi connectivity index (χ2n) is 2.67. The topological polar surface area (TPSA) is 81.8 Å². The minimum absolute atomic E-state index is 0.750. The third-order valence-corrected chi connectivity index (χ3v) is 2.43. The first-order valence-corrected chi connectivity index (χ1v) is 5.21. The van der Waals surface area contributed by atoms with Crippen LogP contribution in [0.5, 0.6) is 0 Å². The van der Waals surface area contributed by atoms with E-state index >= 15 is 0 Å². The van der Waals surface area contributed by atoms with Crippen molar-refractivity contribution in [3.05, 3.63) is 46.9 Å². The molecule has 17 heavy (non-hydrogen) atoms. The zero-order valence-electron chi connectivity index (χ0n) is 8.74. The predicted octanol–water partition coefficient (Wildman–Crippen LogP) is 3.40. The molecule has 0 aliphatic heterocycles. The molecule has 5 heteroatoms. The molecule has 86 valence electrons. The highest BCUT2D eigenvalue weighted by molar-refractivity contribution is 9.10. The van der Waals surface area contributed by atoms with Crippen LogP contribution in [0.3, 0.4) is 0 Å². The van der Waals surface area contributed by atoms with Gasteiger partial charge in [-0.2, -0.15) is 0 Å². The Hall–Kier alpha value is -2.06. The fourth-order valence-corrected chi connectivity index (χ4v) is 1.70. The van der Waals surface area contributed by atoms with Crippen molar-refractivity contribution < 1.29 is 9.59 Å². The summed E-state index contributed by atoms with van der Waals surface area (Å²) in [4.78, 5) is 16.7. The van der Waals surface area contributed by atoms with E-state index in [1.165, 1.54) is 10.8 Å². The van der Waals surface area contributed by atoms with E-state index in [-0.39, 0.29) is 0 Å². The largest absolute Gasteiger partial charge is 0.231 e. The first-order chi connectivity index (χ1) is 8.21. The molecule has 0 spiro atoms. The van der Waals surface area contributed by atoms with Crippen molar-refractivity contribution in [2.45, 2.75) is 0 Å². The maximum absolute atomic E-state index is 8.35. The monoisotopic (exact) mass is 292 g/mol. The van der Waals surface area contributed by atoms with Gasteiger partial charge in [0.25, 0.3) is 0 Å². The lowest BCUT2D eigenvalue weighted by atomic mass is 10.1. The number of isocyanates is 2. The Morgan fingerprint density at radius 2 is 1.35 bits per heavy atom. The molecule has 0 saturated heterocycles. The van der Waals surface area contributed by atoms with Gasteiger partial charge in [-0.15, -0.1) is 0 Å². The molecule has 4 nitrogen and oxygen atoms in total. The van der Waals surface area contributed by atoms with Gasteiger partial charge in [0.2, 0.25) is 12.2 Å². The summed E-state index contributed by atoms with van der Waals surface area (Å²) in [5, 5.41) is 13.4. The molecule has 0 heterocycles. The number of hydrogen-bond donors (Lipinski definition) is 2. The normalized spacial score (nSPS) is 7.59. The fourth-order valence-electron chi connectivity index (χ4n) is 1.19. The van der Waals surface area contributed by atoms with Crippen LogP contribution in [0.4, 0.5) is 0 Å². The van der Waals surface area contributed by atoms with Crippen molar-refractivity contribution in [3.63, 3.8) is 0 Å². The molecule has 0 aromatic heterocycles. The fraction of sp³-hybridized carbons (Fsp3) is 0. The first kappa shape index (κ1) is 14.9. The van der Waals surface area contributed by atoms with Crippen LogP contribution >= 0.6 is 15.9 Å². The first-order valence-electron chi connectivity index (χ1n) is 4.42. The van der Waals surface area contributed by atoms with Crippen LogP contribution in [-0.4, -0.2) is 12.2 Å². The van der Waals surface area contributed by atoms with Crippen LogP contribution in [-0.2, 0) is 9.59 Å². The summed E-state index contributed by atoms with van der Waals surface area (Å²) >= 11 is 3.50. The molecule has 0 bridgehead atoms. The third kappa shape index (κ3) is 5.54. The standard InChI is InChI=1S/C10H7Br.2CHNO/c11-10-7-3-5-8-4-1-2-6-9(8)10;2*2-1-3/h1-7H;2*2H. The van der Waals surface area contributed by atoms with Gasteiger partial charge in [0.15, 0.2) is 0 Å². The van der Waals surface area contributed by atoms with E-state index in [0.29, 0.717) is 0 Å². The van der Waals surface area contributed by atoms with E-state index in [1.54, 1.807) is 0 Å². The Morgan fingerprint density at radius 1 is 0.882 bits per heavy atom. The van der Waals surface area contributed by atoms with E-state index in [9.17, 15) is 0 Å². The average molecular weight is 293 g/mol. The zero-order chi connectivity index (χ0) is 13.1. The Morgan fingerprint density at radius 3 is 1.88 bits per heavy atom. The smallest absolute Gasteiger partial charge is 0.222 e. The molecule has 0 radical (unpaired) electrons. The molecule has 0 unspecified atom stereocenters. The number of rotatable bonds is 0. The maximum Gasteiger partial charge on any atom is 0.231 e. The molecular formula is C12H9BrN2O2. The summed E-state index contributed by atoms with van der Waals surface area (Å²) in [7, 11) is 0. The minimum atomic E-state index is 0.750. The highest BCUT2D eigenvalue weighted by Gasteiger charge is 1.93. The summed E-state index contributed by atoms with van der Waals surface area (Å²) in [6.07, 6.45) is 1.50. The molecule has 2 N–H and O–H groups in total. The highest BCUT2D eigenvalue weighted by atomic mass is 79.9. The van der Waals surface area contributed by atoms with Gasteiger partial charge >= 0.3 is 0 Å². The lowest BCUT2D eigenvalue weighted by Crippen LogP contribution is -1.71. The van der Waals surface area contributed by atoms with Crippen molar-refractivity contribution in [1.29, 1.82) is 10.8 Å². The van der Waals surface area contributed by atoms with Crippen LogP contribution in [0.25, 0.3) is 10.8 Å². The Balaban J connectivity index is 0.000000366. The second-order valence-corrected chi connectivity index (χ2v) is 3.52. The van der Waals surface area contributed by atoms with Gasteiger partial charge in [0, 0.05) is 4.47 Å². The molecule has 0 amide bonds. The third-order valence-electron chi connectivity index (χ3n) is 1.74. The summed E-state index contributed by atoms with van der Waals surface area (Å²) in [5.74, 6) is 0. The van der Waals surface area contributed by atoms with Crippen LogP contribution in [0.1, 0.15) is 0 Å². The van der Waals surface area contributed by atoms with Crippen molar-refractivity contribution in [3.8, 4) is 0 Å². The van der Waals surface area contributed by atoms with Gasteiger partial charge in [-0.25, -0.2) is 20.4 Å². The molecule has 2 rings (SSSR count). The lowest BCUT2D eigenvalue weighted by Gasteiger charge is -1.97. The molecule has 2 aromatic rings. The van der Waals surface area contributed by atoms with Crippen molar-refractivity contribution in [2.75, 3.05) is 0 Å². The summed E-state index contributed by atoms with van der Waals surface area (Å²) in [6, 6.07) is 14.5. The molecule has 0 fully saturated rings. The zero-order valence-corrected chi connectivity index (χ0v) is 10.3. The Labute approximate surface area is 106 Å². The number of halogens is 1. The van der Waals surface area contributed by atoms with Crippen molar-refractivity contribution in [1.82, 2.24) is 0 Å². The number of nitrogens with one attached hydrogen (secondary N) is 2. The predicted molar refractivity (Wildman–Crippen MR) is 68.5 cm³/mol. The number of hydrogen-bond acceptors (Lipinski definition) is 4. The average Bonchev–Trinajstić information content (AvgIpc) is 2.32. The van der Waals surface area contributed by atoms with E-state index in [0.717, 1.165) is 16.6 Å². The van der Waals surface area contributed by atoms with Gasteiger partial charge < -0.3 is 0 Å². The molecule has 2 aromatic carbocycles. The quantitative estimate of drug-likeness (QED) is 0.576. The number of fused-ring (bicyclic) bond motifs is 1. The van der Waals surface area contributed by atoms with E-state index in [1.807, 2.05) is 12.1 Å². The SMILES string of the molecule is Brc1cccc2ccccc12.N=C=O.N=C=O. The highest BCUT2D eigenvalue weighted by Crippen LogP contribution is 2.22.